The average Bonchev–Trinajstić information content (AvgIpc) is 2.43. The molecule has 1 unspecified atom stereocenters. The first-order valence-corrected chi connectivity index (χ1v) is 7.20. The first-order chi connectivity index (χ1) is 9.52. The Bertz CT molecular complexity index is 503. The van der Waals surface area contributed by atoms with Crippen LogP contribution in [0.25, 0.3) is 0 Å². The lowest BCUT2D eigenvalue weighted by Crippen LogP contribution is -2.42. The number of nitrogens with zero attached hydrogens (tertiary/aromatic N) is 3. The van der Waals surface area contributed by atoms with Gasteiger partial charge in [0.05, 0.1) is 5.92 Å². The molecule has 6 heteroatoms. The number of anilines is 2. The largest absolute Gasteiger partial charge is 0.383 e. The van der Waals surface area contributed by atoms with Crippen LogP contribution in [-0.2, 0) is 11.2 Å². The summed E-state index contributed by atoms with van der Waals surface area (Å²) in [7, 11) is 0. The molecular weight excluding hydrogens is 254 g/mol. The van der Waals surface area contributed by atoms with E-state index >= 15 is 0 Å². The van der Waals surface area contributed by atoms with E-state index < -0.39 is 0 Å². The van der Waals surface area contributed by atoms with Crippen LogP contribution in [-0.4, -0.2) is 29.0 Å². The zero-order chi connectivity index (χ0) is 14.7. The minimum atomic E-state index is -0.233. The molecular formula is C14H23N5O. The molecule has 0 aromatic carbocycles. The van der Waals surface area contributed by atoms with Crippen molar-refractivity contribution in [2.45, 2.75) is 39.5 Å². The van der Waals surface area contributed by atoms with Crippen molar-refractivity contribution < 1.29 is 4.79 Å². The van der Waals surface area contributed by atoms with Crippen LogP contribution < -0.4 is 16.4 Å². The predicted octanol–water partition coefficient (Wildman–Crippen LogP) is 1.02. The van der Waals surface area contributed by atoms with Crippen molar-refractivity contribution >= 4 is 17.5 Å². The molecule has 0 aliphatic carbocycles. The van der Waals surface area contributed by atoms with Crippen molar-refractivity contribution in [3.05, 3.63) is 11.4 Å². The maximum Gasteiger partial charge on any atom is 0.222 e. The summed E-state index contributed by atoms with van der Waals surface area (Å²) < 4.78 is 0. The second-order valence-electron chi connectivity index (χ2n) is 5.41. The number of nitrogen functional groups attached to an aromatic ring is 1. The third-order valence-corrected chi connectivity index (χ3v) is 3.80. The molecule has 0 saturated carbocycles. The second kappa shape index (κ2) is 6.07. The Kier molecular flexibility index (Phi) is 4.42. The zero-order valence-electron chi connectivity index (χ0n) is 12.2. The fourth-order valence-corrected chi connectivity index (χ4v) is 2.61. The Morgan fingerprint density at radius 1 is 1.45 bits per heavy atom. The molecule has 1 atom stereocenters. The highest BCUT2D eigenvalue weighted by Crippen LogP contribution is 2.27. The van der Waals surface area contributed by atoms with Crippen molar-refractivity contribution in [2.24, 2.45) is 11.7 Å². The van der Waals surface area contributed by atoms with E-state index in [1.165, 1.54) is 0 Å². The summed E-state index contributed by atoms with van der Waals surface area (Å²) in [6.07, 6.45) is 3.59. The number of rotatable bonds is 4. The fraction of sp³-hybridized carbons (Fsp3) is 0.643. The van der Waals surface area contributed by atoms with Crippen molar-refractivity contribution in [2.75, 3.05) is 23.7 Å². The number of amides is 1. The normalized spacial score (nSPS) is 19.1. The number of hydrogen-bond acceptors (Lipinski definition) is 5. The number of nitrogens with two attached hydrogens (primary N) is 2. The van der Waals surface area contributed by atoms with Gasteiger partial charge < -0.3 is 16.4 Å². The van der Waals surface area contributed by atoms with Gasteiger partial charge in [0.25, 0.3) is 0 Å². The van der Waals surface area contributed by atoms with Crippen molar-refractivity contribution in [1.29, 1.82) is 0 Å². The number of carbonyl (C=O) groups is 1. The molecule has 20 heavy (non-hydrogen) atoms. The van der Waals surface area contributed by atoms with E-state index in [2.05, 4.69) is 21.8 Å². The molecule has 1 aliphatic rings. The van der Waals surface area contributed by atoms with Crippen LogP contribution in [0.15, 0.2) is 0 Å². The quantitative estimate of drug-likeness (QED) is 0.856. The molecule has 6 nitrogen and oxygen atoms in total. The molecule has 4 N–H and O–H groups in total. The topological polar surface area (TPSA) is 98.1 Å². The predicted molar refractivity (Wildman–Crippen MR) is 79.3 cm³/mol. The molecule has 1 aromatic rings. The molecule has 2 rings (SSSR count). The van der Waals surface area contributed by atoms with Gasteiger partial charge in [0, 0.05) is 25.1 Å². The molecule has 0 radical (unpaired) electrons. The SMILES string of the molecule is CCCc1nc(N)c(C)c(N2CCCC(C(N)=O)C2)n1. The summed E-state index contributed by atoms with van der Waals surface area (Å²) in [6.45, 7) is 5.52. The van der Waals surface area contributed by atoms with Gasteiger partial charge in [0.2, 0.25) is 5.91 Å². The summed E-state index contributed by atoms with van der Waals surface area (Å²) in [5.41, 5.74) is 12.3. The van der Waals surface area contributed by atoms with Gasteiger partial charge in [-0.05, 0) is 26.2 Å². The van der Waals surface area contributed by atoms with E-state index in [9.17, 15) is 4.79 Å². The van der Waals surface area contributed by atoms with Crippen LogP contribution in [0.4, 0.5) is 11.6 Å². The van der Waals surface area contributed by atoms with Gasteiger partial charge in [-0.25, -0.2) is 9.97 Å². The smallest absolute Gasteiger partial charge is 0.222 e. The lowest BCUT2D eigenvalue weighted by Gasteiger charge is -2.33. The maximum absolute atomic E-state index is 11.4. The Morgan fingerprint density at radius 3 is 2.85 bits per heavy atom. The first-order valence-electron chi connectivity index (χ1n) is 7.20. The van der Waals surface area contributed by atoms with E-state index in [0.29, 0.717) is 12.4 Å². The van der Waals surface area contributed by atoms with Crippen LogP contribution in [0.5, 0.6) is 0 Å². The number of carbonyl (C=O) groups excluding carboxylic acids is 1. The van der Waals surface area contributed by atoms with Crippen LogP contribution in [0.1, 0.15) is 37.6 Å². The Labute approximate surface area is 119 Å². The average molecular weight is 277 g/mol. The van der Waals surface area contributed by atoms with Gasteiger partial charge in [-0.1, -0.05) is 6.92 Å². The number of aromatic nitrogens is 2. The van der Waals surface area contributed by atoms with E-state index in [4.69, 9.17) is 11.5 Å². The van der Waals surface area contributed by atoms with Crippen LogP contribution in [0.3, 0.4) is 0 Å². The van der Waals surface area contributed by atoms with Crippen LogP contribution in [0.2, 0.25) is 0 Å². The van der Waals surface area contributed by atoms with E-state index in [-0.39, 0.29) is 11.8 Å². The minimum absolute atomic E-state index is 0.103. The molecule has 1 fully saturated rings. The monoisotopic (exact) mass is 277 g/mol. The molecule has 1 aliphatic heterocycles. The molecule has 1 amide bonds. The van der Waals surface area contributed by atoms with E-state index in [1.54, 1.807) is 0 Å². The Balaban J connectivity index is 2.28. The van der Waals surface area contributed by atoms with Gasteiger partial charge in [0.1, 0.15) is 17.5 Å². The van der Waals surface area contributed by atoms with Gasteiger partial charge in [-0.3, -0.25) is 4.79 Å². The number of primary amides is 1. The number of hydrogen-bond donors (Lipinski definition) is 2. The summed E-state index contributed by atoms with van der Waals surface area (Å²) in [5.74, 6) is 1.82. The molecule has 110 valence electrons. The standard InChI is InChI=1S/C14H23N5O/c1-3-5-11-17-12(15)9(2)14(18-11)19-7-4-6-10(8-19)13(16)20/h10H,3-8H2,1-2H3,(H2,16,20)(H2,15,17,18). The summed E-state index contributed by atoms with van der Waals surface area (Å²) in [4.78, 5) is 22.5. The van der Waals surface area contributed by atoms with Gasteiger partial charge in [-0.15, -0.1) is 0 Å². The number of aryl methyl sites for hydroxylation is 1. The first kappa shape index (κ1) is 14.6. The van der Waals surface area contributed by atoms with Gasteiger partial charge in [-0.2, -0.15) is 0 Å². The molecule has 0 spiro atoms. The molecule has 1 aromatic heterocycles. The summed E-state index contributed by atoms with van der Waals surface area (Å²) >= 11 is 0. The lowest BCUT2D eigenvalue weighted by molar-refractivity contribution is -0.122. The van der Waals surface area contributed by atoms with Crippen LogP contribution >= 0.6 is 0 Å². The maximum atomic E-state index is 11.4. The molecule has 2 heterocycles. The number of piperidine rings is 1. The van der Waals surface area contributed by atoms with Crippen molar-refractivity contribution in [3.8, 4) is 0 Å². The highest BCUT2D eigenvalue weighted by molar-refractivity contribution is 5.77. The second-order valence-corrected chi connectivity index (χ2v) is 5.41. The Hall–Kier alpha value is -1.85. The van der Waals surface area contributed by atoms with Crippen molar-refractivity contribution in [1.82, 2.24) is 9.97 Å². The minimum Gasteiger partial charge on any atom is -0.383 e. The van der Waals surface area contributed by atoms with Crippen LogP contribution in [0, 0.1) is 12.8 Å². The highest BCUT2D eigenvalue weighted by Gasteiger charge is 2.26. The van der Waals surface area contributed by atoms with E-state index in [1.807, 2.05) is 6.92 Å². The Morgan fingerprint density at radius 2 is 2.20 bits per heavy atom. The van der Waals surface area contributed by atoms with Crippen molar-refractivity contribution in [3.63, 3.8) is 0 Å². The molecule has 1 saturated heterocycles. The lowest BCUT2D eigenvalue weighted by atomic mass is 9.97. The summed E-state index contributed by atoms with van der Waals surface area (Å²) in [6, 6.07) is 0. The van der Waals surface area contributed by atoms with Gasteiger partial charge >= 0.3 is 0 Å². The highest BCUT2D eigenvalue weighted by atomic mass is 16.1. The van der Waals surface area contributed by atoms with Gasteiger partial charge in [0.15, 0.2) is 0 Å². The fourth-order valence-electron chi connectivity index (χ4n) is 2.61. The third kappa shape index (κ3) is 3.00. The summed E-state index contributed by atoms with van der Waals surface area (Å²) in [5, 5.41) is 0. The van der Waals surface area contributed by atoms with E-state index in [0.717, 1.165) is 49.4 Å². The third-order valence-electron chi connectivity index (χ3n) is 3.80. The molecule has 0 bridgehead atoms. The zero-order valence-corrected chi connectivity index (χ0v) is 12.2.